The minimum atomic E-state index is 0.0632. The summed E-state index contributed by atoms with van der Waals surface area (Å²) in [5, 5.41) is 4.18. The largest absolute Gasteiger partial charge is 0.489 e. The molecule has 0 heterocycles. The van der Waals surface area contributed by atoms with Gasteiger partial charge in [0.05, 0.1) is 6.21 Å². The molecule has 3 atom stereocenters. The third-order valence-electron chi connectivity index (χ3n) is 6.18. The molecule has 146 valence electrons. The molecule has 5 heteroatoms. The van der Waals surface area contributed by atoms with Gasteiger partial charge in [0.25, 0.3) is 0 Å². The van der Waals surface area contributed by atoms with Crippen molar-refractivity contribution in [2.24, 2.45) is 22.4 Å². The number of benzene rings is 2. The van der Waals surface area contributed by atoms with E-state index < -0.39 is 0 Å². The molecular formula is C23H25BrN2O2. The summed E-state index contributed by atoms with van der Waals surface area (Å²) in [5.41, 5.74) is 4.95. The van der Waals surface area contributed by atoms with Gasteiger partial charge in [-0.25, -0.2) is 5.43 Å². The van der Waals surface area contributed by atoms with Gasteiger partial charge in [0, 0.05) is 10.4 Å². The Kier molecular flexibility index (Phi) is 5.54. The van der Waals surface area contributed by atoms with Gasteiger partial charge in [-0.05, 0) is 59.6 Å². The molecule has 2 fully saturated rings. The topological polar surface area (TPSA) is 50.7 Å². The highest BCUT2D eigenvalue weighted by Crippen LogP contribution is 2.66. The van der Waals surface area contributed by atoms with Crippen molar-refractivity contribution in [3.8, 4) is 5.75 Å². The molecular weight excluding hydrogens is 416 g/mol. The molecule has 1 amide bonds. The first-order chi connectivity index (χ1) is 13.6. The Labute approximate surface area is 174 Å². The average molecular weight is 441 g/mol. The van der Waals surface area contributed by atoms with E-state index in [0.717, 1.165) is 27.8 Å². The standard InChI is InChI=1S/C23H25BrN2O2/c1-23-12-3-2-7-20(23)21(23)22(27)26-25-14-17-5-4-6-19(13-17)28-15-16-8-10-18(24)11-9-16/h4-6,8-11,13-14,20-21H,2-3,7,12,15H2,1H3,(H,26,27)/b25-14-/t20-,21+,23+/m1/s1. The first kappa shape index (κ1) is 19.2. The molecule has 0 aromatic heterocycles. The van der Waals surface area contributed by atoms with Gasteiger partial charge in [0.2, 0.25) is 5.91 Å². The maximum Gasteiger partial charge on any atom is 0.244 e. The van der Waals surface area contributed by atoms with Crippen LogP contribution in [0.25, 0.3) is 0 Å². The number of hydrogen-bond donors (Lipinski definition) is 1. The highest BCUT2D eigenvalue weighted by molar-refractivity contribution is 9.10. The number of hydrazone groups is 1. The molecule has 2 aromatic carbocycles. The summed E-state index contributed by atoms with van der Waals surface area (Å²) >= 11 is 3.43. The lowest BCUT2D eigenvalue weighted by Crippen LogP contribution is -2.22. The Bertz CT molecular complexity index is 880. The van der Waals surface area contributed by atoms with Crippen molar-refractivity contribution < 1.29 is 9.53 Å². The first-order valence-corrected chi connectivity index (χ1v) is 10.7. The minimum Gasteiger partial charge on any atom is -0.489 e. The number of carbonyl (C=O) groups is 1. The van der Waals surface area contributed by atoms with Crippen LogP contribution in [0.4, 0.5) is 0 Å². The Morgan fingerprint density at radius 3 is 2.86 bits per heavy atom. The Morgan fingerprint density at radius 1 is 1.29 bits per heavy atom. The quantitative estimate of drug-likeness (QED) is 0.488. The van der Waals surface area contributed by atoms with Gasteiger partial charge < -0.3 is 4.74 Å². The minimum absolute atomic E-state index is 0.0632. The molecule has 2 aliphatic carbocycles. The second kappa shape index (κ2) is 8.08. The molecule has 0 saturated heterocycles. The number of rotatable bonds is 6. The molecule has 4 nitrogen and oxygen atoms in total. The van der Waals surface area contributed by atoms with E-state index in [1.807, 2.05) is 48.5 Å². The number of halogens is 1. The molecule has 0 radical (unpaired) electrons. The molecule has 2 aromatic rings. The summed E-state index contributed by atoms with van der Waals surface area (Å²) < 4.78 is 6.91. The molecule has 0 unspecified atom stereocenters. The van der Waals surface area contributed by atoms with E-state index >= 15 is 0 Å². The second-order valence-corrected chi connectivity index (χ2v) is 8.97. The van der Waals surface area contributed by atoms with Crippen LogP contribution in [-0.2, 0) is 11.4 Å². The summed E-state index contributed by atoms with van der Waals surface area (Å²) in [6, 6.07) is 15.8. The van der Waals surface area contributed by atoms with E-state index in [2.05, 4.69) is 33.4 Å². The molecule has 28 heavy (non-hydrogen) atoms. The number of amides is 1. The van der Waals surface area contributed by atoms with E-state index in [9.17, 15) is 4.79 Å². The number of carbonyl (C=O) groups excluding carboxylic acids is 1. The van der Waals surface area contributed by atoms with Crippen LogP contribution in [0.1, 0.15) is 43.7 Å². The van der Waals surface area contributed by atoms with E-state index in [-0.39, 0.29) is 17.2 Å². The number of nitrogens with one attached hydrogen (secondary N) is 1. The van der Waals surface area contributed by atoms with E-state index in [4.69, 9.17) is 4.74 Å². The van der Waals surface area contributed by atoms with Gasteiger partial charge in [0.15, 0.2) is 0 Å². The van der Waals surface area contributed by atoms with Crippen LogP contribution in [0.2, 0.25) is 0 Å². The van der Waals surface area contributed by atoms with E-state index in [0.29, 0.717) is 12.5 Å². The molecule has 0 bridgehead atoms. The molecule has 0 spiro atoms. The highest BCUT2D eigenvalue weighted by Gasteiger charge is 2.64. The Balaban J connectivity index is 1.30. The van der Waals surface area contributed by atoms with Crippen molar-refractivity contribution in [1.82, 2.24) is 5.43 Å². The third-order valence-corrected chi connectivity index (χ3v) is 6.71. The molecule has 2 saturated carbocycles. The fraction of sp³-hybridized carbons (Fsp3) is 0.391. The first-order valence-electron chi connectivity index (χ1n) is 9.86. The van der Waals surface area contributed by atoms with Crippen LogP contribution in [0.15, 0.2) is 58.1 Å². The fourth-order valence-electron chi connectivity index (χ4n) is 4.52. The van der Waals surface area contributed by atoms with Crippen molar-refractivity contribution in [2.45, 2.75) is 39.2 Å². The van der Waals surface area contributed by atoms with Gasteiger partial charge in [-0.2, -0.15) is 5.10 Å². The zero-order valence-corrected chi connectivity index (χ0v) is 17.6. The van der Waals surface area contributed by atoms with Gasteiger partial charge in [-0.15, -0.1) is 0 Å². The van der Waals surface area contributed by atoms with Gasteiger partial charge in [-0.3, -0.25) is 4.79 Å². The average Bonchev–Trinajstić information content (AvgIpc) is 3.33. The molecule has 4 rings (SSSR count). The van der Waals surface area contributed by atoms with Crippen LogP contribution in [0.5, 0.6) is 5.75 Å². The van der Waals surface area contributed by atoms with Crippen LogP contribution < -0.4 is 10.2 Å². The zero-order valence-electron chi connectivity index (χ0n) is 16.0. The smallest absolute Gasteiger partial charge is 0.244 e. The molecule has 0 aliphatic heterocycles. The predicted octanol–water partition coefficient (Wildman–Crippen LogP) is 5.30. The lowest BCUT2D eigenvalue weighted by molar-refractivity contribution is -0.123. The molecule has 1 N–H and O–H groups in total. The maximum absolute atomic E-state index is 12.5. The number of ether oxygens (including phenoxy) is 1. The van der Waals surface area contributed by atoms with Crippen LogP contribution >= 0.6 is 15.9 Å². The van der Waals surface area contributed by atoms with Crippen molar-refractivity contribution in [3.63, 3.8) is 0 Å². The summed E-state index contributed by atoms with van der Waals surface area (Å²) in [5.74, 6) is 1.52. The van der Waals surface area contributed by atoms with Crippen molar-refractivity contribution >= 4 is 28.1 Å². The van der Waals surface area contributed by atoms with Crippen molar-refractivity contribution in [1.29, 1.82) is 0 Å². The van der Waals surface area contributed by atoms with Gasteiger partial charge >= 0.3 is 0 Å². The van der Waals surface area contributed by atoms with Gasteiger partial charge in [0.1, 0.15) is 12.4 Å². The van der Waals surface area contributed by atoms with E-state index in [1.165, 1.54) is 19.3 Å². The van der Waals surface area contributed by atoms with Crippen LogP contribution in [0, 0.1) is 17.3 Å². The summed E-state index contributed by atoms with van der Waals surface area (Å²) in [4.78, 5) is 12.5. The lowest BCUT2D eigenvalue weighted by atomic mass is 9.90. The SMILES string of the molecule is C[C@]12CCCC[C@@H]1[C@H]2C(=O)N/N=C\c1cccc(OCc2ccc(Br)cc2)c1. The summed E-state index contributed by atoms with van der Waals surface area (Å²) in [7, 11) is 0. The second-order valence-electron chi connectivity index (χ2n) is 8.06. The van der Waals surface area contributed by atoms with Crippen LogP contribution in [-0.4, -0.2) is 12.1 Å². The fourth-order valence-corrected chi connectivity index (χ4v) is 4.79. The zero-order chi connectivity index (χ0) is 19.6. The number of hydrogen-bond acceptors (Lipinski definition) is 3. The van der Waals surface area contributed by atoms with E-state index in [1.54, 1.807) is 6.21 Å². The summed E-state index contributed by atoms with van der Waals surface area (Å²) in [6.45, 7) is 2.75. The highest BCUT2D eigenvalue weighted by atomic mass is 79.9. The van der Waals surface area contributed by atoms with Crippen molar-refractivity contribution in [2.75, 3.05) is 0 Å². The van der Waals surface area contributed by atoms with Crippen molar-refractivity contribution in [3.05, 3.63) is 64.1 Å². The van der Waals surface area contributed by atoms with Gasteiger partial charge in [-0.1, -0.05) is 60.0 Å². The summed E-state index contributed by atoms with van der Waals surface area (Å²) in [6.07, 6.45) is 6.51. The molecule has 2 aliphatic rings. The third kappa shape index (κ3) is 4.14. The Hall–Kier alpha value is -2.14. The lowest BCUT2D eigenvalue weighted by Gasteiger charge is -2.15. The number of fused-ring (bicyclic) bond motifs is 1. The number of nitrogens with zero attached hydrogens (tertiary/aromatic N) is 1. The monoisotopic (exact) mass is 440 g/mol. The Morgan fingerprint density at radius 2 is 2.11 bits per heavy atom. The predicted molar refractivity (Wildman–Crippen MR) is 114 cm³/mol. The normalized spacial score (nSPS) is 25.9. The van der Waals surface area contributed by atoms with Crippen LogP contribution in [0.3, 0.4) is 0 Å². The maximum atomic E-state index is 12.5.